The number of H-pyrrole nitrogens is 1. The van der Waals surface area contributed by atoms with Crippen LogP contribution in [-0.4, -0.2) is 44.5 Å². The third-order valence-corrected chi connectivity index (χ3v) is 12.4. The number of hydrogen-bond acceptors (Lipinski definition) is 4. The first-order chi connectivity index (χ1) is 17.6. The summed E-state index contributed by atoms with van der Waals surface area (Å²) >= 11 is 0. The van der Waals surface area contributed by atoms with Gasteiger partial charge in [-0.25, -0.2) is 4.98 Å². The normalized spacial score (nSPS) is 44.3. The van der Waals surface area contributed by atoms with Gasteiger partial charge >= 0.3 is 0 Å². The van der Waals surface area contributed by atoms with Crippen LogP contribution < -0.4 is 5.32 Å². The number of aliphatic hydroxyl groups is 2. The molecule has 0 amide bonds. The van der Waals surface area contributed by atoms with Gasteiger partial charge in [-0.2, -0.15) is 0 Å². The van der Waals surface area contributed by atoms with Crippen molar-refractivity contribution in [2.45, 2.75) is 129 Å². The Balaban J connectivity index is 1.36. The molecule has 210 valence electrons. The van der Waals surface area contributed by atoms with E-state index < -0.39 is 5.60 Å². The summed E-state index contributed by atoms with van der Waals surface area (Å²) < 4.78 is 0. The summed E-state index contributed by atoms with van der Waals surface area (Å²) in [4.78, 5) is 7.39. The average Bonchev–Trinajstić information content (AvgIpc) is 3.48. The minimum atomic E-state index is -0.838. The Hall–Kier alpha value is -0.910. The van der Waals surface area contributed by atoms with Crippen molar-refractivity contribution in [3.8, 4) is 0 Å². The van der Waals surface area contributed by atoms with Crippen LogP contribution in [0.4, 0.5) is 0 Å². The Kier molecular flexibility index (Phi) is 7.90. The van der Waals surface area contributed by atoms with Crippen molar-refractivity contribution in [3.63, 3.8) is 0 Å². The summed E-state index contributed by atoms with van der Waals surface area (Å²) in [6.07, 6.45) is 16.9. The second-order valence-electron chi connectivity index (χ2n) is 14.7. The van der Waals surface area contributed by atoms with Crippen LogP contribution in [0.5, 0.6) is 0 Å². The van der Waals surface area contributed by atoms with E-state index in [9.17, 15) is 10.2 Å². The van der Waals surface area contributed by atoms with E-state index >= 15 is 0 Å². The SMILES string of the molecule is CC(C)CCCC(C)[C@H]1CC[C@H]2[C@@H]3C[C@@H](NCCc4cnc[nH]4)[C@@]4(O)C[C@@H](O)CC[C@]4(C)[C@H]3CC[C@]12C. The predicted octanol–water partition coefficient (Wildman–Crippen LogP) is 6.12. The maximum Gasteiger partial charge on any atom is 0.0921 e. The molecule has 4 aliphatic carbocycles. The van der Waals surface area contributed by atoms with E-state index in [1.54, 1.807) is 6.33 Å². The Morgan fingerprint density at radius 1 is 1.08 bits per heavy atom. The zero-order valence-electron chi connectivity index (χ0n) is 24.3. The average molecular weight is 514 g/mol. The van der Waals surface area contributed by atoms with Crippen LogP contribution in [0.3, 0.4) is 0 Å². The molecule has 4 saturated carbocycles. The van der Waals surface area contributed by atoms with E-state index in [4.69, 9.17) is 0 Å². The van der Waals surface area contributed by atoms with Gasteiger partial charge in [0, 0.05) is 42.7 Å². The molecule has 0 aliphatic heterocycles. The summed E-state index contributed by atoms with van der Waals surface area (Å²) in [5.41, 5.74) is 0.618. The number of imidazole rings is 1. The van der Waals surface area contributed by atoms with Gasteiger partial charge in [-0.05, 0) is 85.9 Å². The highest BCUT2D eigenvalue weighted by atomic mass is 16.3. The fourth-order valence-electron chi connectivity index (χ4n) is 10.4. The number of nitrogens with one attached hydrogen (secondary N) is 2. The molecule has 5 rings (SSSR count). The third-order valence-electron chi connectivity index (χ3n) is 12.4. The molecule has 1 aromatic rings. The number of rotatable bonds is 9. The van der Waals surface area contributed by atoms with Gasteiger partial charge in [0.15, 0.2) is 0 Å². The van der Waals surface area contributed by atoms with Gasteiger partial charge in [0.2, 0.25) is 0 Å². The third kappa shape index (κ3) is 4.84. The van der Waals surface area contributed by atoms with Gasteiger partial charge in [-0.15, -0.1) is 0 Å². The van der Waals surface area contributed by atoms with Gasteiger partial charge in [0.1, 0.15) is 0 Å². The number of aromatic nitrogens is 2. The van der Waals surface area contributed by atoms with Crippen molar-refractivity contribution in [2.75, 3.05) is 6.54 Å². The maximum atomic E-state index is 12.4. The van der Waals surface area contributed by atoms with Crippen LogP contribution in [0, 0.1) is 46.3 Å². The Morgan fingerprint density at radius 3 is 2.62 bits per heavy atom. The van der Waals surface area contributed by atoms with Gasteiger partial charge in [0.25, 0.3) is 0 Å². The zero-order valence-corrected chi connectivity index (χ0v) is 24.3. The lowest BCUT2D eigenvalue weighted by Crippen LogP contribution is -2.71. The van der Waals surface area contributed by atoms with Crippen molar-refractivity contribution >= 4 is 0 Å². The monoisotopic (exact) mass is 513 g/mol. The van der Waals surface area contributed by atoms with Gasteiger partial charge in [0.05, 0.1) is 18.0 Å². The molecule has 0 spiro atoms. The first-order valence-corrected chi connectivity index (χ1v) is 15.7. The molecular formula is C32H55N3O2. The summed E-state index contributed by atoms with van der Waals surface area (Å²) in [7, 11) is 0. The largest absolute Gasteiger partial charge is 0.393 e. The summed E-state index contributed by atoms with van der Waals surface area (Å²) in [6.45, 7) is 13.1. The molecule has 1 aromatic heterocycles. The summed E-state index contributed by atoms with van der Waals surface area (Å²) in [5.74, 6) is 4.49. The molecule has 0 bridgehead atoms. The minimum absolute atomic E-state index is 0.0430. The molecule has 0 saturated heterocycles. The van der Waals surface area contributed by atoms with Crippen molar-refractivity contribution in [2.24, 2.45) is 46.3 Å². The van der Waals surface area contributed by atoms with E-state index in [1.165, 1.54) is 44.9 Å². The molecule has 10 atom stereocenters. The molecule has 5 nitrogen and oxygen atoms in total. The fraction of sp³-hybridized carbons (Fsp3) is 0.906. The molecular weight excluding hydrogens is 458 g/mol. The second-order valence-corrected chi connectivity index (χ2v) is 14.7. The standard InChI is InChI=1S/C32H55N3O2/c1-21(2)7-6-8-22(3)26-9-10-27-25-17-29(34-16-13-23-19-33-20-35-23)32(37)18-24(36)11-15-31(32,5)28(25)12-14-30(26,27)4/h19-22,24-29,34,36-37H,6-18H2,1-5H3,(H,33,35)/t22?,24-,25-,26+,27-,28-,29+,30+,31+,32-/m0/s1. The van der Waals surface area contributed by atoms with Crippen molar-refractivity contribution < 1.29 is 10.2 Å². The highest BCUT2D eigenvalue weighted by Crippen LogP contribution is 2.69. The van der Waals surface area contributed by atoms with Crippen LogP contribution in [0.15, 0.2) is 12.5 Å². The Morgan fingerprint density at radius 2 is 1.89 bits per heavy atom. The molecule has 1 unspecified atom stereocenters. The molecule has 4 aliphatic rings. The van der Waals surface area contributed by atoms with E-state index in [0.29, 0.717) is 23.7 Å². The Bertz CT molecular complexity index is 889. The summed E-state index contributed by atoms with van der Waals surface area (Å²) in [6, 6.07) is 0.0430. The molecule has 4 N–H and O–H groups in total. The van der Waals surface area contributed by atoms with Crippen molar-refractivity contribution in [1.82, 2.24) is 15.3 Å². The van der Waals surface area contributed by atoms with Crippen molar-refractivity contribution in [1.29, 1.82) is 0 Å². The molecule has 37 heavy (non-hydrogen) atoms. The molecule has 0 aromatic carbocycles. The fourth-order valence-corrected chi connectivity index (χ4v) is 10.4. The molecule has 0 radical (unpaired) electrons. The van der Waals surface area contributed by atoms with E-state index in [2.05, 4.69) is 49.9 Å². The molecule has 1 heterocycles. The lowest BCUT2D eigenvalue weighted by molar-refractivity contribution is -0.234. The van der Waals surface area contributed by atoms with Crippen LogP contribution >= 0.6 is 0 Å². The number of aromatic amines is 1. The highest BCUT2D eigenvalue weighted by molar-refractivity contribution is 5.18. The van der Waals surface area contributed by atoms with Gasteiger partial charge < -0.3 is 20.5 Å². The second kappa shape index (κ2) is 10.6. The topological polar surface area (TPSA) is 81.2 Å². The van der Waals surface area contributed by atoms with Gasteiger partial charge in [-0.1, -0.05) is 53.9 Å². The van der Waals surface area contributed by atoms with Crippen molar-refractivity contribution in [3.05, 3.63) is 18.2 Å². The smallest absolute Gasteiger partial charge is 0.0921 e. The lowest BCUT2D eigenvalue weighted by Gasteiger charge is -2.66. The number of aliphatic hydroxyl groups excluding tert-OH is 1. The number of nitrogens with zero attached hydrogens (tertiary/aromatic N) is 1. The maximum absolute atomic E-state index is 12.4. The highest BCUT2D eigenvalue weighted by Gasteiger charge is 2.67. The van der Waals surface area contributed by atoms with E-state index in [0.717, 1.165) is 61.6 Å². The molecule has 4 fully saturated rings. The molecule has 5 heteroatoms. The predicted molar refractivity (Wildman–Crippen MR) is 150 cm³/mol. The number of hydrogen-bond donors (Lipinski definition) is 4. The Labute approximate surface area is 226 Å². The minimum Gasteiger partial charge on any atom is -0.393 e. The van der Waals surface area contributed by atoms with E-state index in [1.807, 2.05) is 6.20 Å². The van der Waals surface area contributed by atoms with Crippen LogP contribution in [0.25, 0.3) is 0 Å². The summed E-state index contributed by atoms with van der Waals surface area (Å²) in [5, 5.41) is 27.0. The zero-order chi connectivity index (χ0) is 26.4. The first kappa shape index (κ1) is 27.6. The van der Waals surface area contributed by atoms with Crippen LogP contribution in [0.2, 0.25) is 0 Å². The quantitative estimate of drug-likeness (QED) is 0.321. The van der Waals surface area contributed by atoms with Gasteiger partial charge in [-0.3, -0.25) is 0 Å². The lowest BCUT2D eigenvalue weighted by atomic mass is 9.42. The number of fused-ring (bicyclic) bond motifs is 5. The van der Waals surface area contributed by atoms with Crippen LogP contribution in [-0.2, 0) is 6.42 Å². The first-order valence-electron chi connectivity index (χ1n) is 15.7. The van der Waals surface area contributed by atoms with E-state index in [-0.39, 0.29) is 17.6 Å². The van der Waals surface area contributed by atoms with Crippen LogP contribution in [0.1, 0.15) is 111 Å².